The zero-order chi connectivity index (χ0) is 9.68. The Morgan fingerprint density at radius 1 is 1.38 bits per heavy atom. The number of benzene rings is 1. The first-order chi connectivity index (χ1) is 6.27. The lowest BCUT2D eigenvalue weighted by Crippen LogP contribution is -2.16. The van der Waals surface area contributed by atoms with Crippen LogP contribution < -0.4 is 5.32 Å². The fraction of sp³-hybridized carbons (Fsp3) is 0.400. The molecule has 1 atom stereocenters. The first-order valence-electron chi connectivity index (χ1n) is 4.26. The van der Waals surface area contributed by atoms with Crippen LogP contribution in [0.4, 0.5) is 4.39 Å². The van der Waals surface area contributed by atoms with Crippen molar-refractivity contribution < 1.29 is 4.39 Å². The van der Waals surface area contributed by atoms with E-state index in [2.05, 4.69) is 5.32 Å². The van der Waals surface area contributed by atoms with Gasteiger partial charge in [0.2, 0.25) is 0 Å². The number of hydrogen-bond acceptors (Lipinski definition) is 1. The minimum atomic E-state index is -0.204. The first-order valence-corrected chi connectivity index (χ1v) is 4.80. The van der Waals surface area contributed by atoms with E-state index in [0.29, 0.717) is 5.88 Å². The largest absolute Gasteiger partial charge is 0.313 e. The minimum absolute atomic E-state index is 0.204. The molecule has 72 valence electrons. The van der Waals surface area contributed by atoms with Gasteiger partial charge >= 0.3 is 0 Å². The number of nitrogens with one attached hydrogen (secondary N) is 1. The Morgan fingerprint density at radius 3 is 2.46 bits per heavy atom. The summed E-state index contributed by atoms with van der Waals surface area (Å²) < 4.78 is 12.6. The molecule has 0 radical (unpaired) electrons. The van der Waals surface area contributed by atoms with Crippen LogP contribution in [0.3, 0.4) is 0 Å². The molecule has 1 N–H and O–H groups in total. The molecule has 1 rings (SSSR count). The van der Waals surface area contributed by atoms with E-state index in [1.807, 2.05) is 7.05 Å². The molecule has 0 fully saturated rings. The van der Waals surface area contributed by atoms with Crippen LogP contribution in [0.1, 0.15) is 18.0 Å². The van der Waals surface area contributed by atoms with Gasteiger partial charge in [-0.05, 0) is 31.2 Å². The highest BCUT2D eigenvalue weighted by Gasteiger charge is 2.07. The minimum Gasteiger partial charge on any atom is -0.313 e. The zero-order valence-electron chi connectivity index (χ0n) is 7.56. The van der Waals surface area contributed by atoms with Crippen LogP contribution in [0.25, 0.3) is 0 Å². The van der Waals surface area contributed by atoms with Gasteiger partial charge in [0.15, 0.2) is 0 Å². The predicted octanol–water partition coefficient (Wildman–Crippen LogP) is 2.72. The topological polar surface area (TPSA) is 12.0 Å². The van der Waals surface area contributed by atoms with Gasteiger partial charge in [0, 0.05) is 11.9 Å². The maximum absolute atomic E-state index is 12.6. The molecule has 0 aliphatic carbocycles. The zero-order valence-corrected chi connectivity index (χ0v) is 8.31. The average molecular weight is 202 g/mol. The van der Waals surface area contributed by atoms with Crippen molar-refractivity contribution in [2.45, 2.75) is 12.5 Å². The first kappa shape index (κ1) is 10.5. The second kappa shape index (κ2) is 5.20. The van der Waals surface area contributed by atoms with Crippen molar-refractivity contribution in [2.24, 2.45) is 0 Å². The second-order valence-electron chi connectivity index (χ2n) is 2.87. The van der Waals surface area contributed by atoms with E-state index in [1.54, 1.807) is 12.1 Å². The van der Waals surface area contributed by atoms with Gasteiger partial charge in [-0.2, -0.15) is 0 Å². The monoisotopic (exact) mass is 201 g/mol. The Bertz CT molecular complexity index is 248. The van der Waals surface area contributed by atoms with Gasteiger partial charge in [0.25, 0.3) is 0 Å². The van der Waals surface area contributed by atoms with E-state index in [9.17, 15) is 4.39 Å². The van der Waals surface area contributed by atoms with Gasteiger partial charge in [-0.25, -0.2) is 4.39 Å². The van der Waals surface area contributed by atoms with Gasteiger partial charge < -0.3 is 5.32 Å². The molecule has 1 nitrogen and oxygen atoms in total. The van der Waals surface area contributed by atoms with Crippen molar-refractivity contribution in [2.75, 3.05) is 12.9 Å². The summed E-state index contributed by atoms with van der Waals surface area (Å²) in [4.78, 5) is 0. The Labute approximate surface area is 82.9 Å². The lowest BCUT2D eigenvalue weighted by molar-refractivity contribution is 0.575. The number of alkyl halides is 1. The molecule has 1 unspecified atom stereocenters. The molecular formula is C10H13ClFN. The maximum atomic E-state index is 12.6. The quantitative estimate of drug-likeness (QED) is 0.739. The summed E-state index contributed by atoms with van der Waals surface area (Å²) >= 11 is 5.64. The van der Waals surface area contributed by atoms with E-state index >= 15 is 0 Å². The van der Waals surface area contributed by atoms with Crippen molar-refractivity contribution in [1.29, 1.82) is 0 Å². The van der Waals surface area contributed by atoms with Gasteiger partial charge in [-0.15, -0.1) is 11.6 Å². The van der Waals surface area contributed by atoms with E-state index in [1.165, 1.54) is 12.1 Å². The van der Waals surface area contributed by atoms with Crippen LogP contribution in [0.15, 0.2) is 24.3 Å². The Hall–Kier alpha value is -0.600. The van der Waals surface area contributed by atoms with Crippen LogP contribution in [0.2, 0.25) is 0 Å². The molecule has 1 aromatic rings. The predicted molar refractivity (Wildman–Crippen MR) is 53.5 cm³/mol. The third-order valence-electron chi connectivity index (χ3n) is 2.02. The van der Waals surface area contributed by atoms with Crippen molar-refractivity contribution in [3.8, 4) is 0 Å². The van der Waals surface area contributed by atoms with Crippen LogP contribution >= 0.6 is 11.6 Å². The van der Waals surface area contributed by atoms with Crippen LogP contribution in [-0.4, -0.2) is 12.9 Å². The molecule has 0 saturated carbocycles. The smallest absolute Gasteiger partial charge is 0.123 e. The number of halogens is 2. The average Bonchev–Trinajstić information content (AvgIpc) is 2.16. The summed E-state index contributed by atoms with van der Waals surface area (Å²) in [5, 5.41) is 3.13. The maximum Gasteiger partial charge on any atom is 0.123 e. The molecule has 13 heavy (non-hydrogen) atoms. The van der Waals surface area contributed by atoms with Crippen LogP contribution in [0.5, 0.6) is 0 Å². The van der Waals surface area contributed by atoms with Crippen molar-refractivity contribution in [3.05, 3.63) is 35.6 Å². The summed E-state index contributed by atoms with van der Waals surface area (Å²) in [6.45, 7) is 0. The number of rotatable bonds is 4. The molecule has 0 bridgehead atoms. The van der Waals surface area contributed by atoms with E-state index in [-0.39, 0.29) is 11.9 Å². The Balaban J connectivity index is 2.73. The van der Waals surface area contributed by atoms with Gasteiger partial charge in [-0.1, -0.05) is 12.1 Å². The molecule has 0 aliphatic rings. The summed E-state index contributed by atoms with van der Waals surface area (Å²) in [6.07, 6.45) is 0.851. The third-order valence-corrected chi connectivity index (χ3v) is 2.24. The van der Waals surface area contributed by atoms with E-state index < -0.39 is 0 Å². The highest BCUT2D eigenvalue weighted by molar-refractivity contribution is 6.17. The van der Waals surface area contributed by atoms with Gasteiger partial charge in [0.1, 0.15) is 5.82 Å². The SMILES string of the molecule is CNC(CCCl)c1ccc(F)cc1. The normalized spacial score (nSPS) is 12.8. The molecule has 0 aliphatic heterocycles. The van der Waals surface area contributed by atoms with Crippen LogP contribution in [0, 0.1) is 5.82 Å². The van der Waals surface area contributed by atoms with Gasteiger partial charge in [0.05, 0.1) is 0 Å². The molecule has 0 amide bonds. The highest BCUT2D eigenvalue weighted by atomic mass is 35.5. The molecule has 1 aromatic carbocycles. The lowest BCUT2D eigenvalue weighted by atomic mass is 10.1. The second-order valence-corrected chi connectivity index (χ2v) is 3.25. The highest BCUT2D eigenvalue weighted by Crippen LogP contribution is 2.16. The lowest BCUT2D eigenvalue weighted by Gasteiger charge is -2.14. The summed E-state index contributed by atoms with van der Waals surface area (Å²) in [7, 11) is 1.88. The molecular weight excluding hydrogens is 189 g/mol. The summed E-state index contributed by atoms with van der Waals surface area (Å²) in [5.74, 6) is 0.396. The van der Waals surface area contributed by atoms with Crippen molar-refractivity contribution in [1.82, 2.24) is 5.32 Å². The molecule has 3 heteroatoms. The van der Waals surface area contributed by atoms with Crippen molar-refractivity contribution >= 4 is 11.6 Å². The van der Waals surface area contributed by atoms with Crippen molar-refractivity contribution in [3.63, 3.8) is 0 Å². The fourth-order valence-electron chi connectivity index (χ4n) is 1.28. The van der Waals surface area contributed by atoms with E-state index in [4.69, 9.17) is 11.6 Å². The van der Waals surface area contributed by atoms with E-state index in [0.717, 1.165) is 12.0 Å². The fourth-order valence-corrected chi connectivity index (χ4v) is 1.50. The summed E-state index contributed by atoms with van der Waals surface area (Å²) in [6, 6.07) is 6.71. The number of hydrogen-bond donors (Lipinski definition) is 1. The molecule has 0 saturated heterocycles. The molecule has 0 aromatic heterocycles. The molecule has 0 spiro atoms. The van der Waals surface area contributed by atoms with Gasteiger partial charge in [-0.3, -0.25) is 0 Å². The summed E-state index contributed by atoms with van der Waals surface area (Å²) in [5.41, 5.74) is 1.07. The standard InChI is InChI=1S/C10H13ClFN/c1-13-10(6-7-11)8-2-4-9(12)5-3-8/h2-5,10,13H,6-7H2,1H3. The molecule has 0 heterocycles. The Kier molecular flexibility index (Phi) is 4.19. The Morgan fingerprint density at radius 2 is 2.00 bits per heavy atom. The third kappa shape index (κ3) is 2.98. The van der Waals surface area contributed by atoms with Crippen LogP contribution in [-0.2, 0) is 0 Å².